The Morgan fingerprint density at radius 3 is 2.79 bits per heavy atom. The molecule has 0 radical (unpaired) electrons. The molecule has 1 saturated heterocycles. The monoisotopic (exact) mass is 329 g/mol. The van der Waals surface area contributed by atoms with Crippen LogP contribution < -0.4 is 0 Å². The van der Waals surface area contributed by atoms with Crippen LogP contribution in [0.2, 0.25) is 0 Å². The summed E-state index contributed by atoms with van der Waals surface area (Å²) < 4.78 is 5.10. The number of hydrogen-bond donors (Lipinski definition) is 0. The minimum atomic E-state index is 0.594. The van der Waals surface area contributed by atoms with Crippen LogP contribution >= 0.6 is 0 Å². The standard InChI is InChI=1S/C18H27N5O/c1-3-23(14-18-20-15(2)24-21-18)17-5-4-11-22(12-8-17)13-16-6-9-19-10-7-16/h6-7,9-10,17H,3-5,8,11-14H2,1-2H3. The molecule has 1 aliphatic rings. The van der Waals surface area contributed by atoms with E-state index in [9.17, 15) is 0 Å². The number of pyridine rings is 1. The Morgan fingerprint density at radius 2 is 2.08 bits per heavy atom. The van der Waals surface area contributed by atoms with E-state index in [0.717, 1.165) is 38.5 Å². The van der Waals surface area contributed by atoms with E-state index in [1.807, 2.05) is 19.3 Å². The molecule has 0 aromatic carbocycles. The lowest BCUT2D eigenvalue weighted by atomic mass is 10.1. The average molecular weight is 329 g/mol. The molecule has 2 aromatic rings. The molecular formula is C18H27N5O. The van der Waals surface area contributed by atoms with Gasteiger partial charge in [0.25, 0.3) is 0 Å². The van der Waals surface area contributed by atoms with Gasteiger partial charge in [-0.15, -0.1) is 0 Å². The Hall–Kier alpha value is -1.79. The molecule has 1 fully saturated rings. The van der Waals surface area contributed by atoms with Crippen LogP contribution in [0.4, 0.5) is 0 Å². The summed E-state index contributed by atoms with van der Waals surface area (Å²) in [6.45, 7) is 9.17. The molecule has 3 heterocycles. The van der Waals surface area contributed by atoms with Crippen LogP contribution in [0.5, 0.6) is 0 Å². The predicted molar refractivity (Wildman–Crippen MR) is 92.3 cm³/mol. The lowest BCUT2D eigenvalue weighted by Gasteiger charge is -2.29. The maximum atomic E-state index is 5.10. The maximum absolute atomic E-state index is 5.10. The first kappa shape index (κ1) is 17.0. The molecule has 1 atom stereocenters. The van der Waals surface area contributed by atoms with Crippen LogP contribution in [0.15, 0.2) is 29.0 Å². The van der Waals surface area contributed by atoms with Gasteiger partial charge in [0.05, 0.1) is 6.54 Å². The van der Waals surface area contributed by atoms with Gasteiger partial charge in [-0.2, -0.15) is 4.98 Å². The van der Waals surface area contributed by atoms with Crippen molar-refractivity contribution in [1.29, 1.82) is 0 Å². The summed E-state index contributed by atoms with van der Waals surface area (Å²) in [6, 6.07) is 4.81. The van der Waals surface area contributed by atoms with Gasteiger partial charge in [-0.25, -0.2) is 0 Å². The van der Waals surface area contributed by atoms with Crippen molar-refractivity contribution in [3.8, 4) is 0 Å². The molecule has 24 heavy (non-hydrogen) atoms. The van der Waals surface area contributed by atoms with Crippen molar-refractivity contribution in [2.45, 2.75) is 52.2 Å². The molecule has 1 aliphatic heterocycles. The predicted octanol–water partition coefficient (Wildman–Crippen LogP) is 2.65. The molecule has 0 bridgehead atoms. The third-order valence-corrected chi connectivity index (χ3v) is 4.78. The summed E-state index contributed by atoms with van der Waals surface area (Å²) >= 11 is 0. The van der Waals surface area contributed by atoms with E-state index in [1.54, 1.807) is 0 Å². The number of rotatable bonds is 6. The summed E-state index contributed by atoms with van der Waals surface area (Å²) in [5.74, 6) is 1.44. The molecule has 0 spiro atoms. The molecule has 6 heteroatoms. The summed E-state index contributed by atoms with van der Waals surface area (Å²) in [7, 11) is 0. The smallest absolute Gasteiger partial charge is 0.223 e. The third-order valence-electron chi connectivity index (χ3n) is 4.78. The Bertz CT molecular complexity index is 615. The second kappa shape index (κ2) is 8.35. The zero-order valence-electron chi connectivity index (χ0n) is 14.7. The van der Waals surface area contributed by atoms with Crippen molar-refractivity contribution in [2.24, 2.45) is 0 Å². The van der Waals surface area contributed by atoms with Crippen LogP contribution in [0, 0.1) is 6.92 Å². The number of hydrogen-bond acceptors (Lipinski definition) is 6. The second-order valence-electron chi connectivity index (χ2n) is 6.51. The molecule has 0 saturated carbocycles. The fraction of sp³-hybridized carbons (Fsp3) is 0.611. The van der Waals surface area contributed by atoms with E-state index in [0.29, 0.717) is 11.9 Å². The first-order chi connectivity index (χ1) is 11.7. The van der Waals surface area contributed by atoms with Crippen LogP contribution in [0.3, 0.4) is 0 Å². The lowest BCUT2D eigenvalue weighted by Crippen LogP contribution is -2.36. The Labute approximate surface area is 143 Å². The lowest BCUT2D eigenvalue weighted by molar-refractivity contribution is 0.170. The summed E-state index contributed by atoms with van der Waals surface area (Å²) in [5, 5.41) is 4.05. The number of likely N-dealkylation sites (tertiary alicyclic amines) is 1. The summed E-state index contributed by atoms with van der Waals surface area (Å²) in [4.78, 5) is 13.5. The van der Waals surface area contributed by atoms with Gasteiger partial charge in [-0.3, -0.25) is 14.8 Å². The Kier molecular flexibility index (Phi) is 5.93. The molecule has 130 valence electrons. The van der Waals surface area contributed by atoms with Gasteiger partial charge in [0.1, 0.15) is 0 Å². The SMILES string of the molecule is CCN(Cc1noc(C)n1)C1CCCN(Cc2ccncc2)CC1. The first-order valence-electron chi connectivity index (χ1n) is 8.89. The van der Waals surface area contributed by atoms with Gasteiger partial charge in [-0.1, -0.05) is 12.1 Å². The largest absolute Gasteiger partial charge is 0.340 e. The molecule has 0 amide bonds. The Balaban J connectivity index is 1.55. The van der Waals surface area contributed by atoms with Crippen molar-refractivity contribution in [3.05, 3.63) is 41.8 Å². The highest BCUT2D eigenvalue weighted by atomic mass is 16.5. The fourth-order valence-electron chi connectivity index (χ4n) is 3.49. The zero-order chi connectivity index (χ0) is 16.8. The van der Waals surface area contributed by atoms with Crippen molar-refractivity contribution in [2.75, 3.05) is 19.6 Å². The number of aromatic nitrogens is 3. The van der Waals surface area contributed by atoms with Crippen molar-refractivity contribution >= 4 is 0 Å². The topological polar surface area (TPSA) is 58.3 Å². The van der Waals surface area contributed by atoms with Crippen LogP contribution in [0.1, 0.15) is 43.5 Å². The fourth-order valence-corrected chi connectivity index (χ4v) is 3.49. The van der Waals surface area contributed by atoms with E-state index in [-0.39, 0.29) is 0 Å². The Morgan fingerprint density at radius 1 is 1.25 bits per heavy atom. The van der Waals surface area contributed by atoms with Crippen LogP contribution in [0.25, 0.3) is 0 Å². The minimum absolute atomic E-state index is 0.594. The average Bonchev–Trinajstić information content (AvgIpc) is 2.87. The van der Waals surface area contributed by atoms with Gasteiger partial charge in [0, 0.05) is 31.9 Å². The zero-order valence-corrected chi connectivity index (χ0v) is 14.7. The third kappa shape index (κ3) is 4.61. The van der Waals surface area contributed by atoms with E-state index in [4.69, 9.17) is 4.52 Å². The molecule has 0 N–H and O–H groups in total. The minimum Gasteiger partial charge on any atom is -0.340 e. The van der Waals surface area contributed by atoms with Gasteiger partial charge < -0.3 is 4.52 Å². The van der Waals surface area contributed by atoms with Crippen molar-refractivity contribution in [1.82, 2.24) is 24.9 Å². The molecule has 2 aromatic heterocycles. The summed E-state index contributed by atoms with van der Waals surface area (Å²) in [5.41, 5.74) is 1.35. The quantitative estimate of drug-likeness (QED) is 0.812. The van der Waals surface area contributed by atoms with Gasteiger partial charge >= 0.3 is 0 Å². The second-order valence-corrected chi connectivity index (χ2v) is 6.51. The normalized spacial score (nSPS) is 19.5. The van der Waals surface area contributed by atoms with Crippen LogP contribution in [-0.4, -0.2) is 50.6 Å². The molecule has 0 aliphatic carbocycles. The first-order valence-corrected chi connectivity index (χ1v) is 8.89. The molecular weight excluding hydrogens is 302 g/mol. The van der Waals surface area contributed by atoms with E-state index >= 15 is 0 Å². The van der Waals surface area contributed by atoms with Gasteiger partial charge in [0.2, 0.25) is 5.89 Å². The highest BCUT2D eigenvalue weighted by Crippen LogP contribution is 2.19. The van der Waals surface area contributed by atoms with Crippen molar-refractivity contribution in [3.63, 3.8) is 0 Å². The summed E-state index contributed by atoms with van der Waals surface area (Å²) in [6.07, 6.45) is 7.41. The highest BCUT2D eigenvalue weighted by molar-refractivity contribution is 5.09. The van der Waals surface area contributed by atoms with E-state index in [2.05, 4.69) is 44.0 Å². The van der Waals surface area contributed by atoms with Gasteiger partial charge in [-0.05, 0) is 56.6 Å². The maximum Gasteiger partial charge on any atom is 0.223 e. The molecule has 1 unspecified atom stereocenters. The number of aryl methyl sites for hydroxylation is 1. The van der Waals surface area contributed by atoms with Crippen molar-refractivity contribution < 1.29 is 4.52 Å². The number of nitrogens with zero attached hydrogens (tertiary/aromatic N) is 5. The highest BCUT2D eigenvalue weighted by Gasteiger charge is 2.23. The van der Waals surface area contributed by atoms with Gasteiger partial charge in [0.15, 0.2) is 5.82 Å². The van der Waals surface area contributed by atoms with E-state index in [1.165, 1.54) is 24.8 Å². The molecule has 6 nitrogen and oxygen atoms in total. The van der Waals surface area contributed by atoms with E-state index < -0.39 is 0 Å². The van der Waals surface area contributed by atoms with Crippen LogP contribution in [-0.2, 0) is 13.1 Å². The molecule has 3 rings (SSSR count).